The van der Waals surface area contributed by atoms with E-state index in [1.807, 2.05) is 47.7 Å². The fourth-order valence-electron chi connectivity index (χ4n) is 8.37. The van der Waals surface area contributed by atoms with E-state index in [1.54, 1.807) is 11.3 Å². The largest absolute Gasteiger partial charge is 0.309 e. The molecule has 4 aromatic heterocycles. The van der Waals surface area contributed by atoms with Gasteiger partial charge in [0, 0.05) is 73.5 Å². The van der Waals surface area contributed by atoms with Gasteiger partial charge in [-0.3, -0.25) is 0 Å². The van der Waals surface area contributed by atoms with Gasteiger partial charge in [0.25, 0.3) is 0 Å². The van der Waals surface area contributed by atoms with Gasteiger partial charge < -0.3 is 4.57 Å². The molecule has 0 spiro atoms. The van der Waals surface area contributed by atoms with Crippen LogP contribution in [0.1, 0.15) is 0 Å². The van der Waals surface area contributed by atoms with Crippen LogP contribution >= 0.6 is 22.7 Å². The van der Waals surface area contributed by atoms with Crippen LogP contribution in [0.3, 0.4) is 0 Å². The first-order valence-corrected chi connectivity index (χ1v) is 20.6. The Morgan fingerprint density at radius 3 is 1.53 bits per heavy atom. The average Bonchev–Trinajstić information content (AvgIpc) is 3.95. The molecule has 0 saturated heterocycles. The Kier molecular flexibility index (Phi) is 7.24. The Morgan fingerprint density at radius 2 is 0.877 bits per heavy atom. The lowest BCUT2D eigenvalue weighted by molar-refractivity contribution is 1.08. The Hall–Kier alpha value is -6.99. The molecule has 6 heteroatoms. The zero-order valence-electron chi connectivity index (χ0n) is 30.4. The zero-order chi connectivity index (χ0) is 37.5. The monoisotopic (exact) mass is 762 g/mol. The molecular formula is C51H30N4S2. The Labute approximate surface area is 335 Å². The van der Waals surface area contributed by atoms with Gasteiger partial charge in [0.15, 0.2) is 17.5 Å². The zero-order valence-corrected chi connectivity index (χ0v) is 32.1. The van der Waals surface area contributed by atoms with Crippen LogP contribution in [0.5, 0.6) is 0 Å². The van der Waals surface area contributed by atoms with Crippen molar-refractivity contribution >= 4 is 84.8 Å². The lowest BCUT2D eigenvalue weighted by Crippen LogP contribution is -2.00. The van der Waals surface area contributed by atoms with Gasteiger partial charge in [-0.1, -0.05) is 133 Å². The highest BCUT2D eigenvalue weighted by molar-refractivity contribution is 7.26. The van der Waals surface area contributed by atoms with Gasteiger partial charge in [-0.15, -0.1) is 22.7 Å². The van der Waals surface area contributed by atoms with Gasteiger partial charge in [-0.2, -0.15) is 0 Å². The molecule has 12 rings (SSSR count). The van der Waals surface area contributed by atoms with Crippen LogP contribution in [0, 0.1) is 0 Å². The van der Waals surface area contributed by atoms with Crippen molar-refractivity contribution in [2.75, 3.05) is 0 Å². The summed E-state index contributed by atoms with van der Waals surface area (Å²) in [5.74, 6) is 2.01. The predicted molar refractivity (Wildman–Crippen MR) is 242 cm³/mol. The summed E-state index contributed by atoms with van der Waals surface area (Å²) < 4.78 is 7.40. The van der Waals surface area contributed by atoms with E-state index in [0.717, 1.165) is 16.7 Å². The highest BCUT2D eigenvalue weighted by Crippen LogP contribution is 2.43. The van der Waals surface area contributed by atoms with Gasteiger partial charge in [0.05, 0.1) is 11.0 Å². The second-order valence-corrected chi connectivity index (χ2v) is 16.5. The molecule has 0 aliphatic heterocycles. The standard InChI is InChI=1S/C51H30N4S2/c1-3-12-31(13-4-1)49-52-50(32-14-5-2-6-15-32)54-51(53-49)41-19-11-18-40-38-25-22-34(29-47(38)57-48(40)41)33-23-26-39-42-30-35(24-27-45(42)56-46(39)28-33)55-43-20-9-7-16-36(43)37-17-8-10-21-44(37)55/h1-30H. The summed E-state index contributed by atoms with van der Waals surface area (Å²) in [4.78, 5) is 15.0. The summed E-state index contributed by atoms with van der Waals surface area (Å²) in [6, 6.07) is 65.0. The molecule has 0 bridgehead atoms. The summed E-state index contributed by atoms with van der Waals surface area (Å²) in [6.07, 6.45) is 0. The lowest BCUT2D eigenvalue weighted by Gasteiger charge is -2.09. The summed E-state index contributed by atoms with van der Waals surface area (Å²) in [5, 5.41) is 7.58. The molecule has 0 radical (unpaired) electrons. The van der Waals surface area contributed by atoms with Gasteiger partial charge in [-0.05, 0) is 59.7 Å². The highest BCUT2D eigenvalue weighted by atomic mass is 32.1. The third-order valence-corrected chi connectivity index (χ3v) is 13.4. The Bertz CT molecular complexity index is 3410. The van der Waals surface area contributed by atoms with Gasteiger partial charge >= 0.3 is 0 Å². The maximum atomic E-state index is 5.06. The molecule has 0 aliphatic carbocycles. The van der Waals surface area contributed by atoms with E-state index in [4.69, 9.17) is 15.0 Å². The molecule has 266 valence electrons. The number of para-hydroxylation sites is 2. The summed E-state index contributed by atoms with van der Waals surface area (Å²) in [7, 11) is 0. The minimum Gasteiger partial charge on any atom is -0.309 e. The first-order chi connectivity index (χ1) is 28.2. The molecule has 0 fully saturated rings. The second-order valence-electron chi connectivity index (χ2n) is 14.4. The van der Waals surface area contributed by atoms with Crippen LogP contribution in [-0.2, 0) is 0 Å². The van der Waals surface area contributed by atoms with Crippen LogP contribution in [0.4, 0.5) is 0 Å². The second kappa shape index (κ2) is 12.8. The molecule has 0 N–H and O–H groups in total. The Morgan fingerprint density at radius 1 is 0.333 bits per heavy atom. The quantitative estimate of drug-likeness (QED) is 0.175. The van der Waals surface area contributed by atoms with Gasteiger partial charge in [0.2, 0.25) is 0 Å². The maximum absolute atomic E-state index is 5.06. The smallest absolute Gasteiger partial charge is 0.165 e. The number of thiophene rings is 2. The number of rotatable bonds is 5. The lowest BCUT2D eigenvalue weighted by atomic mass is 10.0. The highest BCUT2D eigenvalue weighted by Gasteiger charge is 2.18. The van der Waals surface area contributed by atoms with Crippen LogP contribution in [0.2, 0.25) is 0 Å². The van der Waals surface area contributed by atoms with Crippen molar-refractivity contribution < 1.29 is 0 Å². The number of aromatic nitrogens is 4. The normalized spacial score (nSPS) is 11.9. The van der Waals surface area contributed by atoms with E-state index < -0.39 is 0 Å². The van der Waals surface area contributed by atoms with Crippen LogP contribution in [0.25, 0.3) is 113 Å². The molecule has 0 amide bonds. The van der Waals surface area contributed by atoms with Crippen molar-refractivity contribution in [2.45, 2.75) is 0 Å². The van der Waals surface area contributed by atoms with E-state index >= 15 is 0 Å². The summed E-state index contributed by atoms with van der Waals surface area (Å²) >= 11 is 3.67. The molecule has 4 heterocycles. The molecule has 0 aliphatic rings. The molecular weight excluding hydrogens is 733 g/mol. The molecule has 12 aromatic rings. The van der Waals surface area contributed by atoms with E-state index in [9.17, 15) is 0 Å². The molecule has 57 heavy (non-hydrogen) atoms. The summed E-state index contributed by atoms with van der Waals surface area (Å²) in [6.45, 7) is 0. The van der Waals surface area contributed by atoms with E-state index in [-0.39, 0.29) is 0 Å². The molecule has 0 unspecified atom stereocenters. The summed E-state index contributed by atoms with van der Waals surface area (Å²) in [5.41, 5.74) is 9.00. The Balaban J connectivity index is 0.952. The van der Waals surface area contributed by atoms with Crippen molar-refractivity contribution in [1.82, 2.24) is 19.5 Å². The molecule has 4 nitrogen and oxygen atoms in total. The van der Waals surface area contributed by atoms with E-state index in [0.29, 0.717) is 17.5 Å². The first-order valence-electron chi connectivity index (χ1n) is 19.0. The average molecular weight is 763 g/mol. The third kappa shape index (κ3) is 5.22. The van der Waals surface area contributed by atoms with Crippen LogP contribution in [-0.4, -0.2) is 19.5 Å². The number of nitrogens with zero attached hydrogens (tertiary/aromatic N) is 4. The topological polar surface area (TPSA) is 43.6 Å². The number of benzene rings is 8. The molecule has 0 saturated carbocycles. The minimum atomic E-state index is 0.666. The van der Waals surface area contributed by atoms with Crippen LogP contribution in [0.15, 0.2) is 182 Å². The van der Waals surface area contributed by atoms with Crippen molar-refractivity contribution in [2.24, 2.45) is 0 Å². The predicted octanol–water partition coefficient (Wildman–Crippen LogP) is 14.4. The number of hydrogen-bond acceptors (Lipinski definition) is 5. The van der Waals surface area contributed by atoms with Crippen LogP contribution < -0.4 is 0 Å². The van der Waals surface area contributed by atoms with Crippen molar-refractivity contribution in [3.63, 3.8) is 0 Å². The van der Waals surface area contributed by atoms with Gasteiger partial charge in [0.1, 0.15) is 0 Å². The fourth-order valence-corrected chi connectivity index (χ4v) is 10.7. The number of fused-ring (bicyclic) bond motifs is 9. The maximum Gasteiger partial charge on any atom is 0.165 e. The third-order valence-electron chi connectivity index (χ3n) is 11.1. The SMILES string of the molecule is c1ccc(-c2nc(-c3ccccc3)nc(-c3cccc4c3sc3cc(-c5ccc6c(c5)sc5ccc(-n7c8ccccc8c8ccccc87)cc56)ccc34)n2)cc1. The van der Waals surface area contributed by atoms with E-state index in [2.05, 4.69) is 150 Å². The van der Waals surface area contributed by atoms with Crippen molar-refractivity contribution in [1.29, 1.82) is 0 Å². The molecule has 8 aromatic carbocycles. The number of hydrogen-bond donors (Lipinski definition) is 0. The van der Waals surface area contributed by atoms with Crippen molar-refractivity contribution in [3.05, 3.63) is 182 Å². The van der Waals surface area contributed by atoms with Gasteiger partial charge in [-0.25, -0.2) is 15.0 Å². The fraction of sp³-hybridized carbons (Fsp3) is 0. The first kappa shape index (κ1) is 32.3. The minimum absolute atomic E-state index is 0.666. The molecule has 0 atom stereocenters. The van der Waals surface area contributed by atoms with E-state index in [1.165, 1.54) is 79.0 Å². The van der Waals surface area contributed by atoms with Crippen molar-refractivity contribution in [3.8, 4) is 51.0 Å².